The molecule has 0 aliphatic carbocycles. The lowest BCUT2D eigenvalue weighted by Gasteiger charge is -2.17. The van der Waals surface area contributed by atoms with E-state index < -0.39 is 18.2 Å². The smallest absolute Gasteiger partial charge is 0.308 e. The zero-order valence-electron chi connectivity index (χ0n) is 10.3. The van der Waals surface area contributed by atoms with E-state index in [4.69, 9.17) is 16.9 Å². The third-order valence-electron chi connectivity index (χ3n) is 2.50. The Morgan fingerprint density at radius 1 is 1.53 bits per heavy atom. The van der Waals surface area contributed by atoms with Gasteiger partial charge in [-0.2, -0.15) is 5.26 Å². The predicted octanol–water partition coefficient (Wildman–Crippen LogP) is 1.56. The number of nitriles is 1. The van der Waals surface area contributed by atoms with E-state index in [-0.39, 0.29) is 23.6 Å². The van der Waals surface area contributed by atoms with Crippen molar-refractivity contribution in [2.75, 3.05) is 6.61 Å². The number of hydrogen-bond acceptors (Lipinski definition) is 5. The number of benzene rings is 1. The van der Waals surface area contributed by atoms with Crippen LogP contribution in [0.1, 0.15) is 30.6 Å². The summed E-state index contributed by atoms with van der Waals surface area (Å²) >= 11 is 5.77. The number of carbonyl (C=O) groups is 1. The van der Waals surface area contributed by atoms with Crippen LogP contribution in [-0.4, -0.2) is 28.9 Å². The molecule has 0 bridgehead atoms. The van der Waals surface area contributed by atoms with Crippen molar-refractivity contribution >= 4 is 17.6 Å². The minimum Gasteiger partial charge on any atom is -0.466 e. The van der Waals surface area contributed by atoms with Crippen LogP contribution in [0.15, 0.2) is 18.2 Å². The van der Waals surface area contributed by atoms with Crippen LogP contribution in [0.25, 0.3) is 0 Å². The Kier molecular flexibility index (Phi) is 5.77. The molecule has 1 aromatic rings. The first kappa shape index (κ1) is 15.4. The molecular weight excluding hydrogens is 270 g/mol. The van der Waals surface area contributed by atoms with E-state index in [2.05, 4.69) is 4.74 Å². The predicted molar refractivity (Wildman–Crippen MR) is 68.4 cm³/mol. The fraction of sp³-hybridized carbons (Fsp3) is 0.385. The molecule has 0 amide bonds. The van der Waals surface area contributed by atoms with Gasteiger partial charge in [0.1, 0.15) is 12.2 Å². The van der Waals surface area contributed by atoms with Crippen LogP contribution in [0.3, 0.4) is 0 Å². The van der Waals surface area contributed by atoms with Crippen LogP contribution in [0.5, 0.6) is 0 Å². The topological polar surface area (TPSA) is 90.6 Å². The van der Waals surface area contributed by atoms with Crippen LogP contribution >= 0.6 is 11.6 Å². The normalized spacial score (nSPS) is 13.4. The molecule has 0 aliphatic rings. The van der Waals surface area contributed by atoms with E-state index in [0.717, 1.165) is 0 Å². The van der Waals surface area contributed by atoms with Crippen molar-refractivity contribution in [2.24, 2.45) is 0 Å². The highest BCUT2D eigenvalue weighted by molar-refractivity contribution is 6.31. The van der Waals surface area contributed by atoms with Crippen LogP contribution in [-0.2, 0) is 9.53 Å². The minimum atomic E-state index is -1.30. The van der Waals surface area contributed by atoms with Gasteiger partial charge in [-0.25, -0.2) is 0 Å². The van der Waals surface area contributed by atoms with Crippen molar-refractivity contribution in [3.63, 3.8) is 0 Å². The number of ether oxygens (including phenoxy) is 1. The maximum absolute atomic E-state index is 11.2. The van der Waals surface area contributed by atoms with Crippen molar-refractivity contribution < 1.29 is 19.7 Å². The Balaban J connectivity index is 2.79. The van der Waals surface area contributed by atoms with Crippen molar-refractivity contribution in [3.05, 3.63) is 34.3 Å². The van der Waals surface area contributed by atoms with E-state index >= 15 is 0 Å². The standard InChI is InChI=1S/C13H14ClNO4/c1-2-19-12(17)6-11(16)13(18)8-3-4-10(14)9(5-8)7-15/h3-5,11,13,16,18H,2,6H2,1H3. The lowest BCUT2D eigenvalue weighted by Crippen LogP contribution is -2.23. The molecular formula is C13H14ClNO4. The van der Waals surface area contributed by atoms with E-state index in [0.29, 0.717) is 5.56 Å². The lowest BCUT2D eigenvalue weighted by molar-refractivity contribution is -0.147. The first-order valence-corrected chi connectivity index (χ1v) is 6.08. The van der Waals surface area contributed by atoms with Gasteiger partial charge in [-0.3, -0.25) is 4.79 Å². The third kappa shape index (κ3) is 4.21. The molecule has 0 saturated heterocycles. The molecule has 2 atom stereocenters. The molecule has 0 saturated carbocycles. The van der Waals surface area contributed by atoms with Gasteiger partial charge in [-0.1, -0.05) is 17.7 Å². The third-order valence-corrected chi connectivity index (χ3v) is 2.83. The van der Waals surface area contributed by atoms with Gasteiger partial charge in [0.15, 0.2) is 0 Å². The summed E-state index contributed by atoms with van der Waals surface area (Å²) in [5.41, 5.74) is 0.513. The molecule has 1 rings (SSSR count). The number of aliphatic hydroxyl groups excluding tert-OH is 2. The second kappa shape index (κ2) is 7.10. The molecule has 2 unspecified atom stereocenters. The molecule has 6 heteroatoms. The van der Waals surface area contributed by atoms with Gasteiger partial charge in [-0.15, -0.1) is 0 Å². The Morgan fingerprint density at radius 2 is 2.21 bits per heavy atom. The monoisotopic (exact) mass is 283 g/mol. The van der Waals surface area contributed by atoms with Gasteiger partial charge >= 0.3 is 5.97 Å². The van der Waals surface area contributed by atoms with Crippen molar-refractivity contribution in [3.8, 4) is 6.07 Å². The largest absolute Gasteiger partial charge is 0.466 e. The second-order valence-electron chi connectivity index (χ2n) is 3.87. The van der Waals surface area contributed by atoms with Gasteiger partial charge in [-0.05, 0) is 24.6 Å². The average molecular weight is 284 g/mol. The number of carbonyl (C=O) groups excluding carboxylic acids is 1. The summed E-state index contributed by atoms with van der Waals surface area (Å²) in [5, 5.41) is 28.7. The molecule has 0 radical (unpaired) electrons. The van der Waals surface area contributed by atoms with Gasteiger partial charge in [0.2, 0.25) is 0 Å². The van der Waals surface area contributed by atoms with Crippen molar-refractivity contribution in [1.82, 2.24) is 0 Å². The summed E-state index contributed by atoms with van der Waals surface area (Å²) in [4.78, 5) is 11.2. The lowest BCUT2D eigenvalue weighted by atomic mass is 10.0. The van der Waals surface area contributed by atoms with Gasteiger partial charge < -0.3 is 14.9 Å². The maximum Gasteiger partial charge on any atom is 0.308 e. The fourth-order valence-corrected chi connectivity index (χ4v) is 1.70. The number of rotatable bonds is 5. The van der Waals surface area contributed by atoms with E-state index in [1.54, 1.807) is 6.92 Å². The van der Waals surface area contributed by atoms with Crippen molar-refractivity contribution in [1.29, 1.82) is 5.26 Å². The first-order valence-electron chi connectivity index (χ1n) is 5.70. The number of halogens is 1. The Labute approximate surface area is 116 Å². The summed E-state index contributed by atoms with van der Waals surface area (Å²) in [6, 6.07) is 6.19. The van der Waals surface area contributed by atoms with Crippen LogP contribution in [0, 0.1) is 11.3 Å². The second-order valence-corrected chi connectivity index (χ2v) is 4.28. The number of nitrogens with zero attached hydrogens (tertiary/aromatic N) is 1. The Morgan fingerprint density at radius 3 is 2.79 bits per heavy atom. The zero-order chi connectivity index (χ0) is 14.4. The maximum atomic E-state index is 11.2. The molecule has 0 spiro atoms. The summed E-state index contributed by atoms with van der Waals surface area (Å²) < 4.78 is 4.68. The van der Waals surface area contributed by atoms with Crippen molar-refractivity contribution in [2.45, 2.75) is 25.6 Å². The van der Waals surface area contributed by atoms with Gasteiger partial charge in [0.05, 0.1) is 29.7 Å². The zero-order valence-corrected chi connectivity index (χ0v) is 11.1. The molecule has 0 heterocycles. The molecule has 0 aromatic heterocycles. The molecule has 19 heavy (non-hydrogen) atoms. The van der Waals surface area contributed by atoms with Gasteiger partial charge in [0.25, 0.3) is 0 Å². The molecule has 2 N–H and O–H groups in total. The summed E-state index contributed by atoms with van der Waals surface area (Å²) in [6.07, 6.45) is -2.90. The molecule has 5 nitrogen and oxygen atoms in total. The molecule has 0 aliphatic heterocycles. The Hall–Kier alpha value is -1.61. The number of esters is 1. The number of hydrogen-bond donors (Lipinski definition) is 2. The quantitative estimate of drug-likeness (QED) is 0.800. The first-order chi connectivity index (χ1) is 8.99. The highest BCUT2D eigenvalue weighted by Gasteiger charge is 2.22. The molecule has 0 fully saturated rings. The van der Waals surface area contributed by atoms with Gasteiger partial charge in [0, 0.05) is 0 Å². The number of aliphatic hydroxyl groups is 2. The minimum absolute atomic E-state index is 0.196. The van der Waals surface area contributed by atoms with E-state index in [1.165, 1.54) is 18.2 Å². The van der Waals surface area contributed by atoms with E-state index in [1.807, 2.05) is 6.07 Å². The Bertz CT molecular complexity index is 498. The summed E-state index contributed by atoms with van der Waals surface area (Å²) in [5.74, 6) is -0.594. The average Bonchev–Trinajstić information content (AvgIpc) is 2.38. The highest BCUT2D eigenvalue weighted by Crippen LogP contribution is 2.24. The summed E-state index contributed by atoms with van der Waals surface area (Å²) in [6.45, 7) is 1.86. The van der Waals surface area contributed by atoms with Crippen LogP contribution in [0.2, 0.25) is 5.02 Å². The van der Waals surface area contributed by atoms with Crippen LogP contribution in [0.4, 0.5) is 0 Å². The van der Waals surface area contributed by atoms with E-state index in [9.17, 15) is 15.0 Å². The van der Waals surface area contributed by atoms with Crippen LogP contribution < -0.4 is 0 Å². The fourth-order valence-electron chi connectivity index (χ4n) is 1.54. The molecule has 1 aromatic carbocycles. The highest BCUT2D eigenvalue weighted by atomic mass is 35.5. The SMILES string of the molecule is CCOC(=O)CC(O)C(O)c1ccc(Cl)c(C#N)c1. The summed E-state index contributed by atoms with van der Waals surface area (Å²) in [7, 11) is 0. The molecule has 102 valence electrons.